The van der Waals surface area contributed by atoms with Crippen LogP contribution in [0.2, 0.25) is 0 Å². The largest absolute Gasteiger partial charge is 0.504 e. The fraction of sp³-hybridized carbons (Fsp3) is 0.381. The lowest BCUT2D eigenvalue weighted by molar-refractivity contribution is 0.115. The third kappa shape index (κ3) is 3.57. The molecule has 0 saturated carbocycles. The van der Waals surface area contributed by atoms with Crippen LogP contribution in [-0.4, -0.2) is 48.3 Å². The smallest absolute Gasteiger partial charge is 0.161 e. The van der Waals surface area contributed by atoms with Gasteiger partial charge in [0, 0.05) is 30.6 Å². The summed E-state index contributed by atoms with van der Waals surface area (Å²) in [5.74, 6) is 2.69. The highest BCUT2D eigenvalue weighted by Gasteiger charge is 2.21. The molecule has 0 bridgehead atoms. The van der Waals surface area contributed by atoms with E-state index in [4.69, 9.17) is 13.9 Å². The molecule has 0 amide bonds. The molecule has 1 fully saturated rings. The first-order valence-corrected chi connectivity index (χ1v) is 9.17. The van der Waals surface area contributed by atoms with Crippen LogP contribution in [0.15, 0.2) is 34.7 Å². The van der Waals surface area contributed by atoms with Crippen molar-refractivity contribution in [2.24, 2.45) is 0 Å². The first kappa shape index (κ1) is 17.7. The molecular weight excluding hydrogens is 344 g/mol. The molecule has 3 heterocycles. The monoisotopic (exact) mass is 368 g/mol. The molecule has 27 heavy (non-hydrogen) atoms. The van der Waals surface area contributed by atoms with Gasteiger partial charge in [-0.15, -0.1) is 0 Å². The number of methoxy groups -OCH3 is 1. The van der Waals surface area contributed by atoms with E-state index >= 15 is 0 Å². The van der Waals surface area contributed by atoms with E-state index in [2.05, 4.69) is 16.9 Å². The Morgan fingerprint density at radius 1 is 1.15 bits per heavy atom. The van der Waals surface area contributed by atoms with Gasteiger partial charge in [-0.05, 0) is 45.0 Å². The van der Waals surface area contributed by atoms with Gasteiger partial charge in [0.15, 0.2) is 17.3 Å². The third-order valence-corrected chi connectivity index (χ3v) is 5.02. The molecule has 1 saturated heterocycles. The maximum atomic E-state index is 10.2. The van der Waals surface area contributed by atoms with E-state index in [1.54, 1.807) is 12.1 Å². The number of rotatable bonds is 4. The first-order valence-electron chi connectivity index (χ1n) is 9.17. The van der Waals surface area contributed by atoms with E-state index in [-0.39, 0.29) is 11.9 Å². The lowest BCUT2D eigenvalue weighted by atomic mass is 10.1. The van der Waals surface area contributed by atoms with Crippen LogP contribution in [-0.2, 0) is 0 Å². The number of aryl methyl sites for hydroxylation is 1. The fourth-order valence-corrected chi connectivity index (χ4v) is 3.45. The number of likely N-dealkylation sites (tertiary alicyclic amines) is 1. The van der Waals surface area contributed by atoms with E-state index in [1.807, 2.05) is 25.1 Å². The predicted molar refractivity (Wildman–Crippen MR) is 104 cm³/mol. The Balaban J connectivity index is 1.79. The summed E-state index contributed by atoms with van der Waals surface area (Å²) in [4.78, 5) is 6.97. The number of nitrogens with zero attached hydrogens (tertiary/aromatic N) is 2. The summed E-state index contributed by atoms with van der Waals surface area (Å²) in [6.45, 7) is 3.93. The topological polar surface area (TPSA) is 68.0 Å². The number of piperidine rings is 1. The van der Waals surface area contributed by atoms with Gasteiger partial charge in [-0.25, -0.2) is 4.98 Å². The van der Waals surface area contributed by atoms with Crippen molar-refractivity contribution in [2.45, 2.75) is 25.9 Å². The van der Waals surface area contributed by atoms with E-state index in [9.17, 15) is 5.11 Å². The predicted octanol–water partition coefficient (Wildman–Crippen LogP) is 3.99. The second kappa shape index (κ2) is 7.12. The Hall–Kier alpha value is -2.73. The average Bonchev–Trinajstić information content (AvgIpc) is 3.09. The lowest BCUT2D eigenvalue weighted by Crippen LogP contribution is -2.35. The van der Waals surface area contributed by atoms with Crippen molar-refractivity contribution in [1.29, 1.82) is 0 Å². The van der Waals surface area contributed by atoms with Crippen LogP contribution in [0.1, 0.15) is 18.6 Å². The second-order valence-corrected chi connectivity index (χ2v) is 7.08. The first-order chi connectivity index (χ1) is 13.0. The highest BCUT2D eigenvalue weighted by atomic mass is 16.5. The minimum atomic E-state index is 0.0514. The Morgan fingerprint density at radius 2 is 1.93 bits per heavy atom. The van der Waals surface area contributed by atoms with Crippen LogP contribution >= 0.6 is 0 Å². The molecule has 3 aromatic rings. The third-order valence-electron chi connectivity index (χ3n) is 5.02. The van der Waals surface area contributed by atoms with Crippen molar-refractivity contribution >= 4 is 10.9 Å². The standard InChI is InChI=1S/C21H24N2O4/c1-13-4-5-19(26-13)17-12-20(27-14-6-8-23(2)9-7-14)15-10-21(25-3)18(24)11-16(15)22-17/h4-5,10-12,14,24H,6-9H2,1-3H3. The number of hydrogen-bond donors (Lipinski definition) is 1. The number of ether oxygens (including phenoxy) is 2. The summed E-state index contributed by atoms with van der Waals surface area (Å²) in [6, 6.07) is 9.10. The van der Waals surface area contributed by atoms with E-state index in [1.165, 1.54) is 7.11 Å². The second-order valence-electron chi connectivity index (χ2n) is 7.08. The molecule has 142 valence electrons. The Labute approximate surface area is 158 Å². The van der Waals surface area contributed by atoms with Gasteiger partial charge in [0.25, 0.3) is 0 Å². The molecule has 0 aliphatic carbocycles. The van der Waals surface area contributed by atoms with E-state index in [0.717, 1.165) is 42.8 Å². The Morgan fingerprint density at radius 3 is 2.59 bits per heavy atom. The number of phenolic OH excluding ortho intramolecular Hbond substituents is 1. The highest BCUT2D eigenvalue weighted by Crippen LogP contribution is 2.38. The van der Waals surface area contributed by atoms with Gasteiger partial charge in [0.05, 0.1) is 12.6 Å². The highest BCUT2D eigenvalue weighted by molar-refractivity contribution is 5.90. The van der Waals surface area contributed by atoms with E-state index < -0.39 is 0 Å². The van der Waals surface area contributed by atoms with Gasteiger partial charge >= 0.3 is 0 Å². The van der Waals surface area contributed by atoms with Gasteiger partial charge in [-0.3, -0.25) is 0 Å². The van der Waals surface area contributed by atoms with Crippen LogP contribution in [0.3, 0.4) is 0 Å². The number of benzene rings is 1. The van der Waals surface area contributed by atoms with Crippen LogP contribution in [0, 0.1) is 6.92 Å². The Kier molecular flexibility index (Phi) is 4.66. The van der Waals surface area contributed by atoms with Crippen LogP contribution in [0.25, 0.3) is 22.4 Å². The van der Waals surface area contributed by atoms with Gasteiger partial charge in [0.2, 0.25) is 0 Å². The molecule has 0 spiro atoms. The van der Waals surface area contributed by atoms with Crippen molar-refractivity contribution in [3.05, 3.63) is 36.1 Å². The molecule has 6 nitrogen and oxygen atoms in total. The summed E-state index contributed by atoms with van der Waals surface area (Å²) >= 11 is 0. The zero-order valence-electron chi connectivity index (χ0n) is 15.9. The number of hydrogen-bond acceptors (Lipinski definition) is 6. The molecule has 6 heteroatoms. The van der Waals surface area contributed by atoms with Gasteiger partial charge in [-0.2, -0.15) is 0 Å². The zero-order chi connectivity index (χ0) is 19.0. The molecule has 0 atom stereocenters. The average molecular weight is 368 g/mol. The minimum absolute atomic E-state index is 0.0514. The number of fused-ring (bicyclic) bond motifs is 1. The lowest BCUT2D eigenvalue weighted by Gasteiger charge is -2.29. The summed E-state index contributed by atoms with van der Waals surface area (Å²) in [5.41, 5.74) is 1.32. The van der Waals surface area contributed by atoms with Crippen molar-refractivity contribution in [1.82, 2.24) is 9.88 Å². The molecule has 1 aromatic carbocycles. The molecule has 0 unspecified atom stereocenters. The summed E-state index contributed by atoms with van der Waals surface area (Å²) in [5, 5.41) is 11.0. The number of aromatic nitrogens is 1. The van der Waals surface area contributed by atoms with E-state index in [0.29, 0.717) is 22.7 Å². The van der Waals surface area contributed by atoms with Crippen molar-refractivity contribution < 1.29 is 19.0 Å². The van der Waals surface area contributed by atoms with Crippen LogP contribution < -0.4 is 9.47 Å². The molecule has 4 rings (SSSR count). The quantitative estimate of drug-likeness (QED) is 0.751. The molecule has 1 N–H and O–H groups in total. The summed E-state index contributed by atoms with van der Waals surface area (Å²) in [7, 11) is 3.66. The van der Waals surface area contributed by atoms with Gasteiger partial charge in [0.1, 0.15) is 23.3 Å². The number of aromatic hydroxyl groups is 1. The number of furan rings is 1. The molecular formula is C21H24N2O4. The van der Waals surface area contributed by atoms with Crippen LogP contribution in [0.5, 0.6) is 17.2 Å². The maximum absolute atomic E-state index is 10.2. The van der Waals surface area contributed by atoms with Crippen molar-refractivity contribution in [3.8, 4) is 28.7 Å². The molecule has 1 aliphatic heterocycles. The molecule has 2 aromatic heterocycles. The zero-order valence-corrected chi connectivity index (χ0v) is 15.9. The fourth-order valence-electron chi connectivity index (χ4n) is 3.45. The Bertz CT molecular complexity index is 958. The maximum Gasteiger partial charge on any atom is 0.161 e. The SMILES string of the molecule is COc1cc2c(OC3CCN(C)CC3)cc(-c3ccc(C)o3)nc2cc1O. The number of pyridine rings is 1. The van der Waals surface area contributed by atoms with Crippen molar-refractivity contribution in [3.63, 3.8) is 0 Å². The summed E-state index contributed by atoms with van der Waals surface area (Å²) < 4.78 is 17.4. The molecule has 0 radical (unpaired) electrons. The van der Waals surface area contributed by atoms with Crippen LogP contribution in [0.4, 0.5) is 0 Å². The van der Waals surface area contributed by atoms with Gasteiger partial charge in [-0.1, -0.05) is 0 Å². The number of phenols is 1. The van der Waals surface area contributed by atoms with Crippen molar-refractivity contribution in [2.75, 3.05) is 27.2 Å². The normalized spacial score (nSPS) is 16.0. The molecule has 1 aliphatic rings. The minimum Gasteiger partial charge on any atom is -0.504 e. The summed E-state index contributed by atoms with van der Waals surface area (Å²) in [6.07, 6.45) is 2.10. The van der Waals surface area contributed by atoms with Gasteiger partial charge < -0.3 is 23.9 Å².